The first-order chi connectivity index (χ1) is 24.6. The van der Waals surface area contributed by atoms with Crippen LogP contribution in [-0.4, -0.2) is 79.2 Å². The number of aliphatic hydroxyl groups is 1. The van der Waals surface area contributed by atoms with Gasteiger partial charge in [-0.25, -0.2) is 4.68 Å². The van der Waals surface area contributed by atoms with Gasteiger partial charge in [0.05, 0.1) is 29.8 Å². The minimum absolute atomic E-state index is 0.171. The summed E-state index contributed by atoms with van der Waals surface area (Å²) in [5, 5.41) is 27.8. The number of carboxylic acid groups (broad SMARTS) is 1. The SMILES string of the molecule is CCCCN(CCCC)C(=O)c1cc(C)n(-c2ccc(NC(=O)CC(C(=O)O)c3ccccc3)cc2C(=O)N2Cc3ccccc3CC2CO)n1. The van der Waals surface area contributed by atoms with Crippen LogP contribution in [0.1, 0.15) is 95.1 Å². The normalized spacial score (nSPS) is 14.4. The Balaban J connectivity index is 1.51. The molecule has 11 nitrogen and oxygen atoms in total. The molecule has 0 radical (unpaired) electrons. The molecule has 1 aromatic heterocycles. The second-order valence-electron chi connectivity index (χ2n) is 13.1. The monoisotopic (exact) mass is 693 g/mol. The van der Waals surface area contributed by atoms with Gasteiger partial charge in [-0.2, -0.15) is 5.10 Å². The zero-order chi connectivity index (χ0) is 36.5. The second kappa shape index (κ2) is 17.1. The van der Waals surface area contributed by atoms with Crippen LogP contribution in [0.4, 0.5) is 5.69 Å². The van der Waals surface area contributed by atoms with Gasteiger partial charge in [-0.15, -0.1) is 0 Å². The smallest absolute Gasteiger partial charge is 0.311 e. The van der Waals surface area contributed by atoms with Crippen molar-refractivity contribution in [2.24, 2.45) is 0 Å². The third-order valence-corrected chi connectivity index (χ3v) is 9.41. The Hall–Kier alpha value is -5.29. The Morgan fingerprint density at radius 1 is 0.922 bits per heavy atom. The number of hydrogen-bond acceptors (Lipinski definition) is 6. The molecule has 0 spiro atoms. The van der Waals surface area contributed by atoms with Crippen molar-refractivity contribution in [2.45, 2.75) is 77.8 Å². The van der Waals surface area contributed by atoms with E-state index in [0.717, 1.165) is 36.8 Å². The fourth-order valence-electron chi connectivity index (χ4n) is 6.54. The molecule has 1 aliphatic rings. The van der Waals surface area contributed by atoms with Crippen molar-refractivity contribution in [3.8, 4) is 5.69 Å². The Morgan fingerprint density at radius 3 is 2.24 bits per heavy atom. The number of carboxylic acids is 1. The van der Waals surface area contributed by atoms with Gasteiger partial charge in [-0.05, 0) is 67.1 Å². The summed E-state index contributed by atoms with van der Waals surface area (Å²) in [5.41, 5.74) is 4.39. The van der Waals surface area contributed by atoms with Crippen LogP contribution in [0.5, 0.6) is 0 Å². The predicted octanol–water partition coefficient (Wildman–Crippen LogP) is 5.98. The van der Waals surface area contributed by atoms with E-state index in [0.29, 0.717) is 42.1 Å². The van der Waals surface area contributed by atoms with Crippen molar-refractivity contribution in [1.82, 2.24) is 19.6 Å². The molecule has 3 N–H and O–H groups in total. The zero-order valence-corrected chi connectivity index (χ0v) is 29.5. The summed E-state index contributed by atoms with van der Waals surface area (Å²) >= 11 is 0. The van der Waals surface area contributed by atoms with Crippen molar-refractivity contribution in [2.75, 3.05) is 25.0 Å². The lowest BCUT2D eigenvalue weighted by Crippen LogP contribution is -2.46. The summed E-state index contributed by atoms with van der Waals surface area (Å²) in [4.78, 5) is 57.1. The number of carbonyl (C=O) groups is 4. The second-order valence-corrected chi connectivity index (χ2v) is 13.1. The average molecular weight is 694 g/mol. The van der Waals surface area contributed by atoms with Gasteiger partial charge in [0, 0.05) is 37.4 Å². The van der Waals surface area contributed by atoms with E-state index in [4.69, 9.17) is 5.10 Å². The third kappa shape index (κ3) is 8.72. The molecule has 2 atom stereocenters. The number of anilines is 1. The molecule has 5 rings (SSSR count). The van der Waals surface area contributed by atoms with Gasteiger partial charge in [-0.1, -0.05) is 81.3 Å². The van der Waals surface area contributed by atoms with Gasteiger partial charge in [0.2, 0.25) is 5.91 Å². The van der Waals surface area contributed by atoms with Gasteiger partial charge in [-0.3, -0.25) is 19.2 Å². The van der Waals surface area contributed by atoms with E-state index in [1.165, 1.54) is 0 Å². The Bertz CT molecular complexity index is 1850. The number of rotatable bonds is 15. The number of benzene rings is 3. The van der Waals surface area contributed by atoms with Gasteiger partial charge in [0.1, 0.15) is 0 Å². The number of fused-ring (bicyclic) bond motifs is 1. The average Bonchev–Trinajstić information content (AvgIpc) is 3.53. The molecule has 4 aromatic rings. The highest BCUT2D eigenvalue weighted by molar-refractivity contribution is 6.01. The van der Waals surface area contributed by atoms with Gasteiger partial charge < -0.3 is 25.3 Å². The fraction of sp³-hybridized carbons (Fsp3) is 0.375. The van der Waals surface area contributed by atoms with Gasteiger partial charge in [0.25, 0.3) is 11.8 Å². The first-order valence-corrected chi connectivity index (χ1v) is 17.7. The molecule has 2 heterocycles. The van der Waals surface area contributed by atoms with Crippen LogP contribution in [0.2, 0.25) is 0 Å². The molecular formula is C40H47N5O6. The Labute approximate surface area is 298 Å². The summed E-state index contributed by atoms with van der Waals surface area (Å²) in [7, 11) is 0. The molecule has 0 aliphatic carbocycles. The number of aryl methyl sites for hydroxylation is 1. The molecule has 2 unspecified atom stereocenters. The summed E-state index contributed by atoms with van der Waals surface area (Å²) < 4.78 is 1.57. The van der Waals surface area contributed by atoms with E-state index in [1.807, 2.05) is 36.1 Å². The van der Waals surface area contributed by atoms with E-state index in [1.54, 1.807) is 64.2 Å². The van der Waals surface area contributed by atoms with Crippen LogP contribution in [0.15, 0.2) is 78.9 Å². The molecule has 0 bridgehead atoms. The van der Waals surface area contributed by atoms with E-state index in [2.05, 4.69) is 19.2 Å². The van der Waals surface area contributed by atoms with Crippen molar-refractivity contribution in [3.63, 3.8) is 0 Å². The quantitative estimate of drug-likeness (QED) is 0.139. The van der Waals surface area contributed by atoms with Crippen LogP contribution in [0.25, 0.3) is 5.69 Å². The maximum Gasteiger partial charge on any atom is 0.311 e. The highest BCUT2D eigenvalue weighted by atomic mass is 16.4. The molecule has 268 valence electrons. The highest BCUT2D eigenvalue weighted by Gasteiger charge is 2.32. The number of carbonyl (C=O) groups excluding carboxylic acids is 3. The summed E-state index contributed by atoms with van der Waals surface area (Å²) in [6.07, 6.45) is 3.84. The van der Waals surface area contributed by atoms with Crippen molar-refractivity contribution < 1.29 is 29.4 Å². The number of amides is 3. The van der Waals surface area contributed by atoms with E-state index in [-0.39, 0.29) is 42.6 Å². The first-order valence-electron chi connectivity index (χ1n) is 17.7. The standard InChI is InChI=1S/C40H47N5O6/c1-4-6-19-43(20-7-5-2)39(49)35-21-27(3)45(42-35)36-18-17-31(41-37(47)24-33(40(50)51)28-13-9-8-10-14-28)23-34(36)38(48)44-25-30-16-12-11-15-29(30)22-32(44)26-46/h8-18,21,23,32-33,46H,4-7,19-20,22,24-26H2,1-3H3,(H,41,47)(H,50,51). The molecule has 0 saturated carbocycles. The largest absolute Gasteiger partial charge is 0.481 e. The summed E-state index contributed by atoms with van der Waals surface area (Å²) in [6.45, 7) is 7.28. The number of nitrogens with zero attached hydrogens (tertiary/aromatic N) is 4. The Morgan fingerprint density at radius 2 is 1.59 bits per heavy atom. The van der Waals surface area contributed by atoms with Gasteiger partial charge in [0.15, 0.2) is 5.69 Å². The predicted molar refractivity (Wildman–Crippen MR) is 195 cm³/mol. The lowest BCUT2D eigenvalue weighted by Gasteiger charge is -2.36. The molecule has 3 amide bonds. The first kappa shape index (κ1) is 37.0. The van der Waals surface area contributed by atoms with Crippen molar-refractivity contribution in [1.29, 1.82) is 0 Å². The van der Waals surface area contributed by atoms with Crippen LogP contribution in [0, 0.1) is 6.92 Å². The number of aromatic nitrogens is 2. The molecule has 3 aromatic carbocycles. The number of aliphatic carboxylic acids is 1. The lowest BCUT2D eigenvalue weighted by molar-refractivity contribution is -0.140. The molecule has 0 fully saturated rings. The molecule has 1 aliphatic heterocycles. The van der Waals surface area contributed by atoms with E-state index >= 15 is 0 Å². The number of nitrogens with one attached hydrogen (secondary N) is 1. The van der Waals surface area contributed by atoms with Crippen LogP contribution in [-0.2, 0) is 22.6 Å². The third-order valence-electron chi connectivity index (χ3n) is 9.41. The molecule has 11 heteroatoms. The minimum Gasteiger partial charge on any atom is -0.481 e. The van der Waals surface area contributed by atoms with Crippen molar-refractivity contribution in [3.05, 3.63) is 113 Å². The number of hydrogen-bond donors (Lipinski definition) is 3. The molecule has 0 saturated heterocycles. The van der Waals surface area contributed by atoms with Crippen LogP contribution in [0.3, 0.4) is 0 Å². The van der Waals surface area contributed by atoms with E-state index < -0.39 is 23.8 Å². The number of aliphatic hydroxyl groups excluding tert-OH is 1. The lowest BCUT2D eigenvalue weighted by atomic mass is 9.93. The maximum absolute atomic E-state index is 14.6. The maximum atomic E-state index is 14.6. The fourth-order valence-corrected chi connectivity index (χ4v) is 6.54. The van der Waals surface area contributed by atoms with Crippen molar-refractivity contribution >= 4 is 29.4 Å². The van der Waals surface area contributed by atoms with E-state index in [9.17, 15) is 29.4 Å². The molecule has 51 heavy (non-hydrogen) atoms. The zero-order valence-electron chi connectivity index (χ0n) is 29.5. The summed E-state index contributed by atoms with van der Waals surface area (Å²) in [5.74, 6) is -3.25. The minimum atomic E-state index is -1.12. The van der Waals surface area contributed by atoms with Crippen LogP contribution >= 0.6 is 0 Å². The topological polar surface area (TPSA) is 145 Å². The number of unbranched alkanes of at least 4 members (excludes halogenated alkanes) is 2. The Kier molecular flexibility index (Phi) is 12.4. The molecular weight excluding hydrogens is 646 g/mol. The highest BCUT2D eigenvalue weighted by Crippen LogP contribution is 2.29. The van der Waals surface area contributed by atoms with Gasteiger partial charge >= 0.3 is 5.97 Å². The van der Waals surface area contributed by atoms with Crippen LogP contribution < -0.4 is 5.32 Å². The summed E-state index contributed by atoms with van der Waals surface area (Å²) in [6, 6.07) is 22.5.